The van der Waals surface area contributed by atoms with Crippen molar-refractivity contribution in [1.29, 1.82) is 0 Å². The summed E-state index contributed by atoms with van der Waals surface area (Å²) < 4.78 is 1.52. The number of benzene rings is 2. The van der Waals surface area contributed by atoms with Gasteiger partial charge in [-0.2, -0.15) is 5.10 Å². The third-order valence-electron chi connectivity index (χ3n) is 3.43. The highest BCUT2D eigenvalue weighted by atomic mass is 35.5. The van der Waals surface area contributed by atoms with Crippen molar-refractivity contribution in [3.63, 3.8) is 0 Å². The van der Waals surface area contributed by atoms with Gasteiger partial charge in [-0.25, -0.2) is 4.68 Å². The van der Waals surface area contributed by atoms with Gasteiger partial charge in [0.25, 0.3) is 5.91 Å². The first-order valence-corrected chi connectivity index (χ1v) is 8.18. The number of nitrogens with one attached hydrogen (secondary N) is 1. The Morgan fingerprint density at radius 3 is 2.46 bits per heavy atom. The molecule has 3 rings (SSSR count). The van der Waals surface area contributed by atoms with E-state index in [-0.39, 0.29) is 15.7 Å². The molecule has 4 nitrogen and oxygen atoms in total. The lowest BCUT2D eigenvalue weighted by molar-refractivity contribution is 0.102. The molecule has 0 atom stereocenters. The number of nitrogens with zero attached hydrogens (tertiary/aromatic N) is 2. The summed E-state index contributed by atoms with van der Waals surface area (Å²) >= 11 is 18.4. The van der Waals surface area contributed by atoms with Gasteiger partial charge in [0, 0.05) is 0 Å². The number of carbonyl (C=O) groups is 1. The highest BCUT2D eigenvalue weighted by Crippen LogP contribution is 2.31. The second kappa shape index (κ2) is 6.85. The average Bonchev–Trinajstić information content (AvgIpc) is 2.87. The molecule has 0 unspecified atom stereocenters. The number of hydrogen-bond acceptors (Lipinski definition) is 2. The van der Waals surface area contributed by atoms with E-state index < -0.39 is 5.91 Å². The van der Waals surface area contributed by atoms with E-state index in [4.69, 9.17) is 34.8 Å². The molecule has 2 aromatic carbocycles. The third-order valence-corrected chi connectivity index (χ3v) is 4.60. The van der Waals surface area contributed by atoms with Gasteiger partial charge in [-0.05, 0) is 31.2 Å². The van der Waals surface area contributed by atoms with Gasteiger partial charge in [-0.3, -0.25) is 4.79 Å². The third kappa shape index (κ3) is 3.13. The van der Waals surface area contributed by atoms with Crippen molar-refractivity contribution in [2.45, 2.75) is 6.92 Å². The van der Waals surface area contributed by atoms with Crippen LogP contribution in [0.5, 0.6) is 0 Å². The summed E-state index contributed by atoms with van der Waals surface area (Å²) in [6.45, 7) is 1.72. The molecule has 0 aliphatic heterocycles. The van der Waals surface area contributed by atoms with E-state index in [2.05, 4.69) is 10.4 Å². The Morgan fingerprint density at radius 1 is 1.04 bits per heavy atom. The fraction of sp³-hybridized carbons (Fsp3) is 0.0588. The summed E-state index contributed by atoms with van der Waals surface area (Å²) in [5.74, 6) is -0.399. The number of anilines is 1. The lowest BCUT2D eigenvalue weighted by Gasteiger charge is -2.08. The molecule has 1 aromatic heterocycles. The zero-order valence-electron chi connectivity index (χ0n) is 12.6. The predicted molar refractivity (Wildman–Crippen MR) is 97.7 cm³/mol. The minimum atomic E-state index is -0.399. The number of hydrogen-bond donors (Lipinski definition) is 1. The molecule has 0 aliphatic carbocycles. The zero-order valence-corrected chi connectivity index (χ0v) is 14.8. The van der Waals surface area contributed by atoms with Gasteiger partial charge in [0.15, 0.2) is 0 Å². The van der Waals surface area contributed by atoms with Crippen molar-refractivity contribution in [2.24, 2.45) is 0 Å². The molecule has 0 saturated carbocycles. The fourth-order valence-electron chi connectivity index (χ4n) is 2.28. The van der Waals surface area contributed by atoms with E-state index in [1.165, 1.54) is 4.68 Å². The minimum Gasteiger partial charge on any atom is -0.320 e. The number of amides is 1. The van der Waals surface area contributed by atoms with E-state index in [0.29, 0.717) is 16.4 Å². The summed E-state index contributed by atoms with van der Waals surface area (Å²) in [4.78, 5) is 12.6. The number of halogens is 3. The Hall–Kier alpha value is -2.01. The standard InChI is InChI=1S/C17H12Cl3N3O/c1-10-14(16(20)23(22-10)11-6-3-2-4-7-11)17(24)21-13-9-5-8-12(18)15(13)19/h2-9H,1H3,(H,21,24). The predicted octanol–water partition coefficient (Wildman–Crippen LogP) is 5.39. The molecule has 24 heavy (non-hydrogen) atoms. The van der Waals surface area contributed by atoms with Gasteiger partial charge in [-0.1, -0.05) is 59.1 Å². The molecule has 1 amide bonds. The molecular weight excluding hydrogens is 369 g/mol. The van der Waals surface area contributed by atoms with Gasteiger partial charge in [0.1, 0.15) is 10.7 Å². The SMILES string of the molecule is Cc1nn(-c2ccccc2)c(Cl)c1C(=O)Nc1cccc(Cl)c1Cl. The van der Waals surface area contributed by atoms with Crippen LogP contribution in [-0.4, -0.2) is 15.7 Å². The first-order valence-electron chi connectivity index (χ1n) is 7.05. The van der Waals surface area contributed by atoms with Crippen LogP contribution in [0, 0.1) is 6.92 Å². The quantitative estimate of drug-likeness (QED) is 0.662. The first-order chi connectivity index (χ1) is 11.5. The maximum atomic E-state index is 12.6. The summed E-state index contributed by atoms with van der Waals surface area (Å²) in [7, 11) is 0. The van der Waals surface area contributed by atoms with Crippen LogP contribution in [0.25, 0.3) is 5.69 Å². The van der Waals surface area contributed by atoms with Crippen molar-refractivity contribution in [3.05, 3.63) is 75.0 Å². The Bertz CT molecular complexity index is 907. The van der Waals surface area contributed by atoms with Crippen LogP contribution in [0.2, 0.25) is 15.2 Å². The second-order valence-corrected chi connectivity index (χ2v) is 6.20. The normalized spacial score (nSPS) is 10.7. The van der Waals surface area contributed by atoms with Crippen LogP contribution < -0.4 is 5.32 Å². The van der Waals surface area contributed by atoms with Crippen molar-refractivity contribution in [1.82, 2.24) is 9.78 Å². The number of aromatic nitrogens is 2. The van der Waals surface area contributed by atoms with Gasteiger partial charge in [0.05, 0.1) is 27.1 Å². The lowest BCUT2D eigenvalue weighted by atomic mass is 10.2. The molecule has 0 saturated heterocycles. The maximum Gasteiger partial charge on any atom is 0.260 e. The van der Waals surface area contributed by atoms with E-state index in [1.54, 1.807) is 25.1 Å². The number of rotatable bonds is 3. The van der Waals surface area contributed by atoms with Crippen molar-refractivity contribution in [2.75, 3.05) is 5.32 Å². The second-order valence-electron chi connectivity index (χ2n) is 5.05. The highest BCUT2D eigenvalue weighted by molar-refractivity contribution is 6.44. The molecule has 0 aliphatic rings. The monoisotopic (exact) mass is 379 g/mol. The molecule has 0 bridgehead atoms. The van der Waals surface area contributed by atoms with Crippen LogP contribution in [-0.2, 0) is 0 Å². The number of aryl methyl sites for hydroxylation is 1. The van der Waals surface area contributed by atoms with E-state index in [1.807, 2.05) is 30.3 Å². The van der Waals surface area contributed by atoms with Crippen molar-refractivity contribution < 1.29 is 4.79 Å². The molecule has 7 heteroatoms. The first kappa shape index (κ1) is 16.8. The van der Waals surface area contributed by atoms with E-state index in [0.717, 1.165) is 5.69 Å². The van der Waals surface area contributed by atoms with Gasteiger partial charge in [-0.15, -0.1) is 0 Å². The zero-order chi connectivity index (χ0) is 17.3. The molecule has 1 N–H and O–H groups in total. The molecule has 0 fully saturated rings. The molecular formula is C17H12Cl3N3O. The summed E-state index contributed by atoms with van der Waals surface area (Å²) in [6.07, 6.45) is 0. The fourth-order valence-corrected chi connectivity index (χ4v) is 2.99. The maximum absolute atomic E-state index is 12.6. The van der Waals surface area contributed by atoms with Crippen LogP contribution in [0.1, 0.15) is 16.1 Å². The average molecular weight is 381 g/mol. The Balaban J connectivity index is 1.96. The van der Waals surface area contributed by atoms with Crippen molar-refractivity contribution >= 4 is 46.4 Å². The molecule has 122 valence electrons. The van der Waals surface area contributed by atoms with Crippen LogP contribution in [0.15, 0.2) is 48.5 Å². The molecule has 0 spiro atoms. The molecule has 3 aromatic rings. The summed E-state index contributed by atoms with van der Waals surface area (Å²) in [6, 6.07) is 14.3. The molecule has 1 heterocycles. The highest BCUT2D eigenvalue weighted by Gasteiger charge is 2.22. The summed E-state index contributed by atoms with van der Waals surface area (Å²) in [5.41, 5.74) is 1.98. The number of carbonyl (C=O) groups excluding carboxylic acids is 1. The van der Waals surface area contributed by atoms with E-state index in [9.17, 15) is 4.79 Å². The molecule has 0 radical (unpaired) electrons. The van der Waals surface area contributed by atoms with Crippen LogP contribution in [0.3, 0.4) is 0 Å². The van der Waals surface area contributed by atoms with Crippen LogP contribution in [0.4, 0.5) is 5.69 Å². The topological polar surface area (TPSA) is 46.9 Å². The Labute approximate surface area is 154 Å². The van der Waals surface area contributed by atoms with Crippen molar-refractivity contribution in [3.8, 4) is 5.69 Å². The van der Waals surface area contributed by atoms with Crippen LogP contribution >= 0.6 is 34.8 Å². The lowest BCUT2D eigenvalue weighted by Crippen LogP contribution is -2.13. The van der Waals surface area contributed by atoms with E-state index >= 15 is 0 Å². The minimum absolute atomic E-state index is 0.231. The Morgan fingerprint density at radius 2 is 1.75 bits per heavy atom. The largest absolute Gasteiger partial charge is 0.320 e. The van der Waals surface area contributed by atoms with Gasteiger partial charge >= 0.3 is 0 Å². The summed E-state index contributed by atoms with van der Waals surface area (Å²) in [5, 5.41) is 7.93. The number of para-hydroxylation sites is 1. The smallest absolute Gasteiger partial charge is 0.260 e. The Kier molecular flexibility index (Phi) is 4.81. The van der Waals surface area contributed by atoms with Gasteiger partial charge < -0.3 is 5.32 Å². The van der Waals surface area contributed by atoms with Gasteiger partial charge in [0.2, 0.25) is 0 Å².